The molecule has 0 saturated heterocycles. The van der Waals surface area contributed by atoms with Crippen molar-refractivity contribution in [3.8, 4) is 22.4 Å². The van der Waals surface area contributed by atoms with Gasteiger partial charge in [-0.2, -0.15) is 0 Å². The van der Waals surface area contributed by atoms with E-state index in [0.717, 1.165) is 0 Å². The molecule has 24 heavy (non-hydrogen) atoms. The average Bonchev–Trinajstić information content (AvgIpc) is 3.16. The Morgan fingerprint density at radius 1 is 0.917 bits per heavy atom. The van der Waals surface area contributed by atoms with Crippen molar-refractivity contribution in [2.75, 3.05) is 0 Å². The van der Waals surface area contributed by atoms with E-state index in [9.17, 15) is 0 Å². The Kier molecular flexibility index (Phi) is 1.81. The van der Waals surface area contributed by atoms with Gasteiger partial charge in [0.1, 0.15) is 5.52 Å². The van der Waals surface area contributed by atoms with Crippen LogP contribution in [0.5, 0.6) is 0 Å². The van der Waals surface area contributed by atoms with Gasteiger partial charge in [-0.15, -0.1) is 0 Å². The molecule has 0 fully saturated rings. The Morgan fingerprint density at radius 2 is 1.88 bits per heavy atom. The fraction of sp³-hybridized carbons (Fsp3) is 0.143. The average molecular weight is 323 g/mol. The summed E-state index contributed by atoms with van der Waals surface area (Å²) >= 11 is 0. The van der Waals surface area contributed by atoms with Crippen LogP contribution in [0.1, 0.15) is 29.4 Å². The monoisotopic (exact) mass is 323 g/mol. The van der Waals surface area contributed by atoms with E-state index >= 15 is 0 Å². The maximum atomic E-state index is 7.93. The van der Waals surface area contributed by atoms with E-state index in [1.807, 2.05) is 0 Å². The number of pyridine rings is 1. The predicted octanol–water partition coefficient (Wildman–Crippen LogP) is 5.48. The fourth-order valence-electron chi connectivity index (χ4n) is 2.60. The molecule has 2 aromatic carbocycles. The lowest BCUT2D eigenvalue weighted by molar-refractivity contribution is 0.561. The normalized spacial score (nSPS) is 18.2. The van der Waals surface area contributed by atoms with Crippen LogP contribution in [-0.2, 0) is 0 Å². The van der Waals surface area contributed by atoms with Crippen molar-refractivity contribution < 1.29 is 16.8 Å². The molecule has 0 atom stereocenters. The van der Waals surface area contributed by atoms with E-state index in [4.69, 9.17) is 16.8 Å². The quantitative estimate of drug-likeness (QED) is 0.490. The second-order valence-corrected chi connectivity index (χ2v) is 5.39. The zero-order chi connectivity index (χ0) is 24.2. The first-order chi connectivity index (χ1) is 15.2. The number of aryl methyl sites for hydroxylation is 3. The van der Waals surface area contributed by atoms with Gasteiger partial charge in [0, 0.05) is 30.9 Å². The number of oxazole rings is 1. The van der Waals surface area contributed by atoms with Crippen LogP contribution in [0, 0.1) is 20.6 Å². The van der Waals surface area contributed by atoms with Crippen molar-refractivity contribution in [1.29, 1.82) is 0 Å². The Balaban J connectivity index is 1.84. The zero-order valence-electron chi connectivity index (χ0n) is 21.5. The summed E-state index contributed by atoms with van der Waals surface area (Å²) in [5.41, 5.74) is 2.74. The van der Waals surface area contributed by atoms with Crippen LogP contribution < -0.4 is 0 Å². The Hall–Kier alpha value is -2.94. The lowest BCUT2D eigenvalue weighted by atomic mass is 9.96. The molecule has 4 aromatic rings. The summed E-state index contributed by atoms with van der Waals surface area (Å²) in [7, 11) is 0. The van der Waals surface area contributed by atoms with Crippen LogP contribution in [0.3, 0.4) is 0 Å². The summed E-state index contributed by atoms with van der Waals surface area (Å²) in [5, 5.41) is 0. The number of nitrogens with zero attached hydrogens (tertiary/aromatic N) is 2. The van der Waals surface area contributed by atoms with Crippen molar-refractivity contribution in [3.05, 3.63) is 71.7 Å². The Morgan fingerprint density at radius 3 is 2.67 bits per heavy atom. The number of benzene rings is 2. The third-order valence-corrected chi connectivity index (χ3v) is 3.78. The van der Waals surface area contributed by atoms with Crippen molar-refractivity contribution in [2.24, 2.45) is 0 Å². The SMILES string of the molecule is [2H]C([2H])([2H])c1ccc(-c2ccc(C([2H])([2H])[2H])c(-c3ccc4nc(C([2H])([2H])[2H])oc4c3)c2)nc1. The number of fused-ring (bicyclic) bond motifs is 1. The summed E-state index contributed by atoms with van der Waals surface area (Å²) in [6.07, 6.45) is 1.27. The first-order valence-corrected chi connectivity index (χ1v) is 7.26. The van der Waals surface area contributed by atoms with Crippen LogP contribution >= 0.6 is 0 Å². The van der Waals surface area contributed by atoms with E-state index in [0.29, 0.717) is 27.9 Å². The van der Waals surface area contributed by atoms with Crippen LogP contribution in [0.25, 0.3) is 33.5 Å². The molecule has 0 N–H and O–H groups in total. The molecule has 0 aliphatic rings. The highest BCUT2D eigenvalue weighted by Crippen LogP contribution is 2.31. The van der Waals surface area contributed by atoms with Crippen molar-refractivity contribution in [2.45, 2.75) is 20.6 Å². The van der Waals surface area contributed by atoms with Gasteiger partial charge in [0.15, 0.2) is 11.5 Å². The summed E-state index contributed by atoms with van der Waals surface area (Å²) in [4.78, 5) is 8.22. The maximum absolute atomic E-state index is 7.93. The molecule has 2 aromatic heterocycles. The second-order valence-electron chi connectivity index (χ2n) is 5.39. The molecule has 0 amide bonds. The highest BCUT2D eigenvalue weighted by Gasteiger charge is 2.09. The molecule has 0 radical (unpaired) electrons. The number of rotatable bonds is 2. The Labute approximate surface area is 153 Å². The number of hydrogen-bond donors (Lipinski definition) is 0. The van der Waals surface area contributed by atoms with Gasteiger partial charge in [-0.1, -0.05) is 24.3 Å². The van der Waals surface area contributed by atoms with Gasteiger partial charge in [0.25, 0.3) is 0 Å². The summed E-state index contributed by atoms with van der Waals surface area (Å²) in [6.45, 7) is -7.19. The van der Waals surface area contributed by atoms with Crippen molar-refractivity contribution in [3.63, 3.8) is 0 Å². The molecule has 3 nitrogen and oxygen atoms in total. The van der Waals surface area contributed by atoms with Crippen LogP contribution in [0.4, 0.5) is 0 Å². The molecule has 4 rings (SSSR count). The van der Waals surface area contributed by atoms with E-state index in [1.54, 1.807) is 36.4 Å². The first kappa shape index (κ1) is 7.75. The topological polar surface area (TPSA) is 38.9 Å². The summed E-state index contributed by atoms with van der Waals surface area (Å²) in [5.74, 6) is -0.391. The predicted molar refractivity (Wildman–Crippen MR) is 96.9 cm³/mol. The third kappa shape index (κ3) is 2.58. The largest absolute Gasteiger partial charge is 0.441 e. The van der Waals surface area contributed by atoms with Crippen LogP contribution in [0.15, 0.2) is 59.1 Å². The molecule has 0 aliphatic carbocycles. The van der Waals surface area contributed by atoms with E-state index < -0.39 is 26.4 Å². The minimum atomic E-state index is -2.50. The highest BCUT2D eigenvalue weighted by molar-refractivity contribution is 5.82. The molecule has 0 saturated carbocycles. The summed E-state index contributed by atoms with van der Waals surface area (Å²) < 4.78 is 74.1. The fourth-order valence-corrected chi connectivity index (χ4v) is 2.60. The second kappa shape index (κ2) is 5.60. The minimum Gasteiger partial charge on any atom is -0.441 e. The maximum Gasteiger partial charge on any atom is 0.192 e. The first-order valence-electron chi connectivity index (χ1n) is 11.8. The lowest BCUT2D eigenvalue weighted by Crippen LogP contribution is -1.88. The Bertz CT molecular complexity index is 1320. The summed E-state index contributed by atoms with van der Waals surface area (Å²) in [6, 6.07) is 12.5. The van der Waals surface area contributed by atoms with E-state index in [-0.39, 0.29) is 16.7 Å². The van der Waals surface area contributed by atoms with Crippen molar-refractivity contribution >= 4 is 11.1 Å². The zero-order valence-corrected chi connectivity index (χ0v) is 12.5. The third-order valence-electron chi connectivity index (χ3n) is 3.78. The number of hydrogen-bond acceptors (Lipinski definition) is 3. The molecular formula is C21H18N2O. The van der Waals surface area contributed by atoms with Gasteiger partial charge in [0.05, 0.1) is 5.69 Å². The van der Waals surface area contributed by atoms with Gasteiger partial charge in [-0.3, -0.25) is 4.98 Å². The van der Waals surface area contributed by atoms with Gasteiger partial charge in [0.2, 0.25) is 0 Å². The molecule has 0 bridgehead atoms. The molecule has 0 spiro atoms. The molecule has 0 aliphatic heterocycles. The highest BCUT2D eigenvalue weighted by atomic mass is 16.3. The molecule has 3 heteroatoms. The van der Waals surface area contributed by atoms with Crippen LogP contribution in [-0.4, -0.2) is 9.97 Å². The van der Waals surface area contributed by atoms with Crippen LogP contribution in [0.2, 0.25) is 0 Å². The van der Waals surface area contributed by atoms with Gasteiger partial charge >= 0.3 is 0 Å². The molecular weight excluding hydrogens is 296 g/mol. The van der Waals surface area contributed by atoms with Gasteiger partial charge < -0.3 is 4.42 Å². The number of aromatic nitrogens is 2. The molecule has 0 unspecified atom stereocenters. The smallest absolute Gasteiger partial charge is 0.192 e. The standard InChI is InChI=1S/C21H18N2O/c1-13-4-8-19(22-12-13)17-6-5-14(2)18(10-17)16-7-9-20-21(11-16)24-15(3)23-20/h4-12H,1-3H3/i1D3,2D3,3D3. The van der Waals surface area contributed by atoms with E-state index in [2.05, 4.69) is 9.97 Å². The minimum absolute atomic E-state index is 0.0975. The molecule has 118 valence electrons. The molecule has 2 heterocycles. The lowest BCUT2D eigenvalue weighted by Gasteiger charge is -2.09. The van der Waals surface area contributed by atoms with Gasteiger partial charge in [-0.25, -0.2) is 4.98 Å². The van der Waals surface area contributed by atoms with Crippen molar-refractivity contribution in [1.82, 2.24) is 9.97 Å². The van der Waals surface area contributed by atoms with E-state index in [1.165, 1.54) is 18.3 Å². The van der Waals surface area contributed by atoms with Gasteiger partial charge in [-0.05, 0) is 60.2 Å².